The zero-order chi connectivity index (χ0) is 26.5. The van der Waals surface area contributed by atoms with Gasteiger partial charge in [0, 0.05) is 43.2 Å². The average Bonchev–Trinajstić information content (AvgIpc) is 3.48. The normalized spacial score (nSPS) is 11.8. The van der Waals surface area contributed by atoms with E-state index in [1.165, 1.54) is 24.3 Å². The summed E-state index contributed by atoms with van der Waals surface area (Å²) in [6.07, 6.45) is 0. The number of aromatic nitrogens is 4. The maximum Gasteiger partial charge on any atom is 0.296 e. The molecule has 37 heavy (non-hydrogen) atoms. The number of phenols is 1. The summed E-state index contributed by atoms with van der Waals surface area (Å²) in [7, 11) is 3.46. The zero-order valence-corrected chi connectivity index (χ0v) is 21.5. The van der Waals surface area contributed by atoms with Crippen molar-refractivity contribution in [1.82, 2.24) is 18.7 Å². The highest BCUT2D eigenvalue weighted by atomic mass is 32.1. The van der Waals surface area contributed by atoms with Crippen molar-refractivity contribution >= 4 is 67.5 Å². The fourth-order valence-corrected chi connectivity index (χ4v) is 3.97. The molecule has 0 bridgehead atoms. The van der Waals surface area contributed by atoms with Crippen LogP contribution < -0.4 is 4.90 Å². The van der Waals surface area contributed by atoms with E-state index in [1.54, 1.807) is 38.9 Å². The number of anilines is 1. The maximum absolute atomic E-state index is 11.3. The first kappa shape index (κ1) is 25.5. The minimum Gasteiger partial charge on any atom is -0.504 e. The number of aromatic hydroxyl groups is 1. The summed E-state index contributed by atoms with van der Waals surface area (Å²) in [5.74, 6) is 0.713. The van der Waals surface area contributed by atoms with Gasteiger partial charge in [-0.1, -0.05) is 12.1 Å². The Morgan fingerprint density at radius 2 is 1.43 bits per heavy atom. The minimum absolute atomic E-state index is 0.00334. The van der Waals surface area contributed by atoms with E-state index in [2.05, 4.69) is 49.4 Å². The molecule has 0 aliphatic heterocycles. The molecule has 0 radical (unpaired) electrons. The molecule has 0 unspecified atom stereocenters. The van der Waals surface area contributed by atoms with Gasteiger partial charge >= 0.3 is 0 Å². The van der Waals surface area contributed by atoms with Gasteiger partial charge in [0.1, 0.15) is 23.0 Å². The Morgan fingerprint density at radius 3 is 2.00 bits per heavy atom. The molecule has 2 heterocycles. The van der Waals surface area contributed by atoms with Crippen LogP contribution in [0.4, 0.5) is 44.4 Å². The fraction of sp³-hybridized carbons (Fsp3) is 0.200. The van der Waals surface area contributed by atoms with E-state index >= 15 is 0 Å². The van der Waals surface area contributed by atoms with Crippen molar-refractivity contribution in [3.63, 3.8) is 0 Å². The standard InChI is InChI=1S/C20H18N12O3S2/c1-10-21-19(36-29-10)27-24-13-9-14(25-23-12-7-5-6-8-15(12)32(34)35)18(33)16(17(13)31(3)4)26-28-20-22-11(2)30-37-20/h5-9,33H,1-4H3/b25-23+,27-24+,28-26+. The first-order valence-corrected chi connectivity index (χ1v) is 11.9. The number of rotatable bonds is 8. The Bertz CT molecular complexity index is 1540. The lowest BCUT2D eigenvalue weighted by Gasteiger charge is -2.18. The molecule has 0 spiro atoms. The first-order valence-electron chi connectivity index (χ1n) is 10.4. The van der Waals surface area contributed by atoms with Crippen LogP contribution in [-0.4, -0.2) is 42.8 Å². The molecule has 2 aromatic carbocycles. The highest BCUT2D eigenvalue weighted by Crippen LogP contribution is 2.50. The molecule has 0 saturated heterocycles. The number of azo groups is 3. The van der Waals surface area contributed by atoms with Crippen LogP contribution in [0.3, 0.4) is 0 Å². The van der Waals surface area contributed by atoms with Crippen molar-refractivity contribution in [3.05, 3.63) is 52.1 Å². The molecule has 2 aromatic heterocycles. The Morgan fingerprint density at radius 1 is 0.865 bits per heavy atom. The third-order valence-electron chi connectivity index (χ3n) is 4.51. The first-order chi connectivity index (χ1) is 17.7. The topological polar surface area (TPSA) is 192 Å². The molecular weight excluding hydrogens is 520 g/mol. The molecule has 0 aliphatic rings. The Balaban J connectivity index is 1.87. The van der Waals surface area contributed by atoms with Gasteiger partial charge in [-0.2, -0.15) is 8.75 Å². The van der Waals surface area contributed by atoms with E-state index in [1.807, 2.05) is 0 Å². The van der Waals surface area contributed by atoms with Crippen LogP contribution in [0.15, 0.2) is 61.0 Å². The van der Waals surface area contributed by atoms with E-state index in [-0.39, 0.29) is 39.3 Å². The lowest BCUT2D eigenvalue weighted by molar-refractivity contribution is -0.384. The van der Waals surface area contributed by atoms with E-state index in [0.717, 1.165) is 23.1 Å². The highest BCUT2D eigenvalue weighted by Gasteiger charge is 2.21. The minimum atomic E-state index is -0.573. The summed E-state index contributed by atoms with van der Waals surface area (Å²) in [6.45, 7) is 3.45. The number of nitro groups is 1. The van der Waals surface area contributed by atoms with Gasteiger partial charge in [0.2, 0.25) is 10.3 Å². The smallest absolute Gasteiger partial charge is 0.296 e. The second-order valence-corrected chi connectivity index (χ2v) is 8.91. The van der Waals surface area contributed by atoms with E-state index in [4.69, 9.17) is 0 Å². The van der Waals surface area contributed by atoms with Gasteiger partial charge in [-0.3, -0.25) is 10.1 Å². The van der Waals surface area contributed by atoms with Crippen LogP contribution in [-0.2, 0) is 0 Å². The quantitative estimate of drug-likeness (QED) is 0.142. The summed E-state index contributed by atoms with van der Waals surface area (Å²) < 4.78 is 8.14. The number of para-hydroxylation sites is 1. The number of phenolic OH excluding ortho intramolecular Hbond substituents is 1. The Kier molecular flexibility index (Phi) is 7.54. The molecule has 0 atom stereocenters. The number of nitrogens with zero attached hydrogens (tertiary/aromatic N) is 12. The van der Waals surface area contributed by atoms with Gasteiger partial charge < -0.3 is 10.0 Å². The third-order valence-corrected chi connectivity index (χ3v) is 5.89. The van der Waals surface area contributed by atoms with Crippen LogP contribution in [0, 0.1) is 24.0 Å². The molecular formula is C20H18N12O3S2. The fourth-order valence-electron chi connectivity index (χ4n) is 2.96. The van der Waals surface area contributed by atoms with Gasteiger partial charge in [-0.05, 0) is 26.0 Å². The molecule has 0 aliphatic carbocycles. The summed E-state index contributed by atoms with van der Waals surface area (Å²) in [5.41, 5.74) is 0.344. The van der Waals surface area contributed by atoms with E-state index < -0.39 is 4.92 Å². The van der Waals surface area contributed by atoms with Gasteiger partial charge in [0.15, 0.2) is 17.1 Å². The van der Waals surface area contributed by atoms with Crippen molar-refractivity contribution in [3.8, 4) is 5.75 Å². The number of hydrogen-bond acceptors (Lipinski definition) is 16. The number of hydrogen-bond donors (Lipinski definition) is 1. The van der Waals surface area contributed by atoms with Crippen LogP contribution in [0.5, 0.6) is 5.75 Å². The molecule has 4 aromatic rings. The van der Waals surface area contributed by atoms with Gasteiger partial charge in [0.25, 0.3) is 5.69 Å². The lowest BCUT2D eigenvalue weighted by Crippen LogP contribution is -2.09. The third kappa shape index (κ3) is 5.96. The van der Waals surface area contributed by atoms with Crippen LogP contribution in [0.1, 0.15) is 11.6 Å². The lowest BCUT2D eigenvalue weighted by atomic mass is 10.1. The van der Waals surface area contributed by atoms with Crippen molar-refractivity contribution in [2.24, 2.45) is 30.7 Å². The van der Waals surface area contributed by atoms with Gasteiger partial charge in [-0.25, -0.2) is 9.97 Å². The Hall–Kier alpha value is -4.64. The Labute approximate surface area is 217 Å². The second kappa shape index (κ2) is 11.0. The predicted molar refractivity (Wildman–Crippen MR) is 137 cm³/mol. The van der Waals surface area contributed by atoms with Crippen LogP contribution in [0.25, 0.3) is 0 Å². The molecule has 15 nitrogen and oxygen atoms in total. The molecule has 17 heteroatoms. The highest BCUT2D eigenvalue weighted by molar-refractivity contribution is 7.09. The van der Waals surface area contributed by atoms with Crippen molar-refractivity contribution in [2.75, 3.05) is 19.0 Å². The molecule has 4 rings (SSSR count). The summed E-state index contributed by atoms with van der Waals surface area (Å²) >= 11 is 2.11. The zero-order valence-electron chi connectivity index (χ0n) is 19.8. The van der Waals surface area contributed by atoms with E-state index in [9.17, 15) is 15.2 Å². The second-order valence-electron chi connectivity index (χ2n) is 7.45. The summed E-state index contributed by atoms with van der Waals surface area (Å²) in [5, 5.41) is 47.8. The largest absolute Gasteiger partial charge is 0.504 e. The van der Waals surface area contributed by atoms with Gasteiger partial charge in [-0.15, -0.1) is 30.7 Å². The molecule has 0 amide bonds. The summed E-state index contributed by atoms with van der Waals surface area (Å²) in [6, 6.07) is 7.26. The monoisotopic (exact) mass is 538 g/mol. The molecule has 0 saturated carbocycles. The van der Waals surface area contributed by atoms with Crippen molar-refractivity contribution in [1.29, 1.82) is 0 Å². The molecule has 1 N–H and O–H groups in total. The number of aryl methyl sites for hydroxylation is 2. The van der Waals surface area contributed by atoms with E-state index in [0.29, 0.717) is 22.5 Å². The SMILES string of the molecule is Cc1nsc(/N=N/c2cc(/N=N/c3ccccc3[N+](=O)[O-])c(O)c(/N=N/c3nc(C)ns3)c2N(C)C)n1. The predicted octanol–water partition coefficient (Wildman–Crippen LogP) is 6.93. The van der Waals surface area contributed by atoms with Crippen molar-refractivity contribution in [2.45, 2.75) is 13.8 Å². The number of benzene rings is 2. The van der Waals surface area contributed by atoms with Crippen LogP contribution >= 0.6 is 23.1 Å². The number of nitro benzene ring substituents is 1. The average molecular weight is 539 g/mol. The summed E-state index contributed by atoms with van der Waals surface area (Å²) in [4.78, 5) is 20.8. The van der Waals surface area contributed by atoms with Crippen molar-refractivity contribution < 1.29 is 10.0 Å². The van der Waals surface area contributed by atoms with Gasteiger partial charge in [0.05, 0.1) is 10.6 Å². The van der Waals surface area contributed by atoms with Crippen LogP contribution in [0.2, 0.25) is 0 Å². The molecule has 188 valence electrons. The molecule has 0 fully saturated rings. The maximum atomic E-state index is 11.3.